The quantitative estimate of drug-likeness (QED) is 0.219. The van der Waals surface area contributed by atoms with Crippen LogP contribution in [0, 0.1) is 5.82 Å². The molecule has 0 aliphatic heterocycles. The molecule has 1 aromatic heterocycles. The van der Waals surface area contributed by atoms with Crippen LogP contribution in [-0.4, -0.2) is 31.6 Å². The van der Waals surface area contributed by atoms with Crippen LogP contribution in [0.15, 0.2) is 76.3 Å². The van der Waals surface area contributed by atoms with Gasteiger partial charge in [-0.05, 0) is 61.0 Å². The van der Waals surface area contributed by atoms with Gasteiger partial charge in [-0.3, -0.25) is 9.79 Å². The summed E-state index contributed by atoms with van der Waals surface area (Å²) in [7, 11) is 1.69. The number of ether oxygens (including phenoxy) is 1. The molecule has 3 aromatic rings. The van der Waals surface area contributed by atoms with Crippen LogP contribution < -0.4 is 20.7 Å². The predicted molar refractivity (Wildman–Crippen MR) is 133 cm³/mol. The summed E-state index contributed by atoms with van der Waals surface area (Å²) in [6.45, 7) is 2.99. The highest BCUT2D eigenvalue weighted by molar-refractivity contribution is 14.0. The van der Waals surface area contributed by atoms with Gasteiger partial charge in [-0.15, -0.1) is 24.0 Å². The number of aliphatic imine (C=N–C) groups is 1. The maximum Gasteiger partial charge on any atom is 0.291 e. The molecule has 1 heterocycles. The zero-order chi connectivity index (χ0) is 22.1. The van der Waals surface area contributed by atoms with Gasteiger partial charge in [0.25, 0.3) is 5.91 Å². The molecular weight excluding hydrogens is 526 g/mol. The summed E-state index contributed by atoms with van der Waals surface area (Å²) < 4.78 is 23.8. The standard InChI is InChI=1S/C23H25FN4O3.HI/c1-16(31-20-11-7-18(24)8-12-20)14-26-23(25-2)27-15-17-5-9-19(10-6-17)28-22(29)21-4-3-13-30-21;/h3-13,16H,14-15H2,1-2H3,(H,28,29)(H2,25,26,27);1H. The van der Waals surface area contributed by atoms with E-state index in [0.717, 1.165) is 5.56 Å². The molecule has 3 rings (SSSR count). The minimum absolute atomic E-state index is 0. The van der Waals surface area contributed by atoms with Gasteiger partial charge >= 0.3 is 0 Å². The fourth-order valence-electron chi connectivity index (χ4n) is 2.74. The number of hydrogen-bond donors (Lipinski definition) is 3. The molecule has 1 unspecified atom stereocenters. The highest BCUT2D eigenvalue weighted by Crippen LogP contribution is 2.13. The van der Waals surface area contributed by atoms with Crippen molar-refractivity contribution in [1.82, 2.24) is 10.6 Å². The summed E-state index contributed by atoms with van der Waals surface area (Å²) in [6.07, 6.45) is 1.32. The molecule has 0 aliphatic carbocycles. The number of halogens is 2. The normalized spacial score (nSPS) is 11.8. The van der Waals surface area contributed by atoms with Crippen molar-refractivity contribution in [2.75, 3.05) is 18.9 Å². The number of hydrogen-bond acceptors (Lipinski definition) is 4. The Morgan fingerprint density at radius 1 is 1.09 bits per heavy atom. The Morgan fingerprint density at radius 3 is 2.44 bits per heavy atom. The SMILES string of the molecule is CN=C(NCc1ccc(NC(=O)c2ccco2)cc1)NCC(C)Oc1ccc(F)cc1.I. The van der Waals surface area contributed by atoms with E-state index in [1.165, 1.54) is 18.4 Å². The molecule has 0 fully saturated rings. The third kappa shape index (κ3) is 7.88. The van der Waals surface area contributed by atoms with Crippen LogP contribution in [0.5, 0.6) is 5.75 Å². The summed E-state index contributed by atoms with van der Waals surface area (Å²) in [5, 5.41) is 9.20. The van der Waals surface area contributed by atoms with Crippen molar-refractivity contribution < 1.29 is 18.3 Å². The van der Waals surface area contributed by atoms with Gasteiger partial charge < -0.3 is 25.1 Å². The number of benzene rings is 2. The topological polar surface area (TPSA) is 87.9 Å². The molecule has 0 bridgehead atoms. The van der Waals surface area contributed by atoms with Crippen molar-refractivity contribution in [3.05, 3.63) is 84.1 Å². The summed E-state index contributed by atoms with van der Waals surface area (Å²) in [5.41, 5.74) is 1.70. The van der Waals surface area contributed by atoms with E-state index in [2.05, 4.69) is 20.9 Å². The predicted octanol–water partition coefficient (Wildman–Crippen LogP) is 4.42. The average Bonchev–Trinajstić information content (AvgIpc) is 3.32. The highest BCUT2D eigenvalue weighted by atomic mass is 127. The Labute approximate surface area is 203 Å². The van der Waals surface area contributed by atoms with Crippen LogP contribution in [0.1, 0.15) is 23.0 Å². The lowest BCUT2D eigenvalue weighted by Crippen LogP contribution is -2.41. The lowest BCUT2D eigenvalue weighted by molar-refractivity contribution is 0.0996. The first-order chi connectivity index (χ1) is 15.0. The van der Waals surface area contributed by atoms with E-state index < -0.39 is 0 Å². The molecule has 7 nitrogen and oxygen atoms in total. The third-order valence-electron chi connectivity index (χ3n) is 4.35. The molecule has 9 heteroatoms. The van der Waals surface area contributed by atoms with E-state index >= 15 is 0 Å². The second-order valence-electron chi connectivity index (χ2n) is 6.82. The van der Waals surface area contributed by atoms with Crippen molar-refractivity contribution in [2.45, 2.75) is 19.6 Å². The maximum absolute atomic E-state index is 13.0. The van der Waals surface area contributed by atoms with Crippen molar-refractivity contribution in [3.63, 3.8) is 0 Å². The molecule has 0 spiro atoms. The van der Waals surface area contributed by atoms with Gasteiger partial charge in [-0.1, -0.05) is 12.1 Å². The number of rotatable bonds is 8. The minimum Gasteiger partial charge on any atom is -0.489 e. The molecule has 0 saturated carbocycles. The van der Waals surface area contributed by atoms with Crippen molar-refractivity contribution in [2.24, 2.45) is 4.99 Å². The van der Waals surface area contributed by atoms with Crippen LogP contribution in [0.2, 0.25) is 0 Å². The first-order valence-corrected chi connectivity index (χ1v) is 9.84. The highest BCUT2D eigenvalue weighted by Gasteiger charge is 2.09. The molecule has 170 valence electrons. The molecular formula is C23H26FIN4O3. The summed E-state index contributed by atoms with van der Waals surface area (Å²) in [5.74, 6) is 0.911. The van der Waals surface area contributed by atoms with E-state index in [-0.39, 0.29) is 47.6 Å². The van der Waals surface area contributed by atoms with Crippen LogP contribution >= 0.6 is 24.0 Å². The Balaban J connectivity index is 0.00000363. The van der Waals surface area contributed by atoms with Crippen molar-refractivity contribution in [3.8, 4) is 5.75 Å². The second kappa shape index (κ2) is 12.7. The Hall–Kier alpha value is -3.08. The second-order valence-corrected chi connectivity index (χ2v) is 6.82. The summed E-state index contributed by atoms with van der Waals surface area (Å²) in [6, 6.07) is 16.7. The molecule has 1 amide bonds. The molecule has 3 N–H and O–H groups in total. The van der Waals surface area contributed by atoms with Gasteiger partial charge in [0.15, 0.2) is 11.7 Å². The van der Waals surface area contributed by atoms with Crippen LogP contribution in [0.25, 0.3) is 0 Å². The Bertz CT molecular complexity index is 993. The van der Waals surface area contributed by atoms with Gasteiger partial charge in [-0.2, -0.15) is 0 Å². The first kappa shape index (κ1) is 25.2. The van der Waals surface area contributed by atoms with Gasteiger partial charge in [-0.25, -0.2) is 4.39 Å². The van der Waals surface area contributed by atoms with E-state index in [1.807, 2.05) is 31.2 Å². The fraction of sp³-hybridized carbons (Fsp3) is 0.217. The Kier molecular flexibility index (Phi) is 9.99. The van der Waals surface area contributed by atoms with Gasteiger partial charge in [0, 0.05) is 19.3 Å². The maximum atomic E-state index is 13.0. The number of nitrogens with one attached hydrogen (secondary N) is 3. The monoisotopic (exact) mass is 552 g/mol. The van der Waals surface area contributed by atoms with Gasteiger partial charge in [0.1, 0.15) is 17.7 Å². The number of carbonyl (C=O) groups excluding carboxylic acids is 1. The first-order valence-electron chi connectivity index (χ1n) is 9.84. The lowest BCUT2D eigenvalue weighted by atomic mass is 10.2. The van der Waals surface area contributed by atoms with E-state index in [4.69, 9.17) is 9.15 Å². The number of carbonyl (C=O) groups is 1. The third-order valence-corrected chi connectivity index (χ3v) is 4.35. The largest absolute Gasteiger partial charge is 0.489 e. The smallest absolute Gasteiger partial charge is 0.291 e. The van der Waals surface area contributed by atoms with Crippen molar-refractivity contribution >= 4 is 41.5 Å². The van der Waals surface area contributed by atoms with Gasteiger partial charge in [0.2, 0.25) is 0 Å². The number of nitrogens with zero attached hydrogens (tertiary/aromatic N) is 1. The lowest BCUT2D eigenvalue weighted by Gasteiger charge is -2.18. The van der Waals surface area contributed by atoms with E-state index in [0.29, 0.717) is 30.5 Å². The van der Waals surface area contributed by atoms with Gasteiger partial charge in [0.05, 0.1) is 12.8 Å². The van der Waals surface area contributed by atoms with E-state index in [9.17, 15) is 9.18 Å². The zero-order valence-corrected chi connectivity index (χ0v) is 20.1. The minimum atomic E-state index is -0.296. The summed E-state index contributed by atoms with van der Waals surface area (Å²) >= 11 is 0. The Morgan fingerprint density at radius 2 is 1.81 bits per heavy atom. The van der Waals surface area contributed by atoms with E-state index in [1.54, 1.807) is 31.3 Å². The summed E-state index contributed by atoms with van der Waals surface area (Å²) in [4.78, 5) is 16.2. The molecule has 0 saturated heterocycles. The number of amides is 1. The number of furan rings is 1. The number of anilines is 1. The van der Waals surface area contributed by atoms with Crippen LogP contribution in [0.4, 0.5) is 10.1 Å². The van der Waals surface area contributed by atoms with Crippen molar-refractivity contribution in [1.29, 1.82) is 0 Å². The number of guanidine groups is 1. The fourth-order valence-corrected chi connectivity index (χ4v) is 2.74. The molecule has 0 radical (unpaired) electrons. The molecule has 1 atom stereocenters. The zero-order valence-electron chi connectivity index (χ0n) is 17.8. The molecule has 32 heavy (non-hydrogen) atoms. The van der Waals surface area contributed by atoms with Crippen LogP contribution in [0.3, 0.4) is 0 Å². The van der Waals surface area contributed by atoms with Crippen LogP contribution in [-0.2, 0) is 6.54 Å². The molecule has 2 aromatic carbocycles. The average molecular weight is 552 g/mol. The molecule has 0 aliphatic rings.